The zero-order valence-electron chi connectivity index (χ0n) is 17.2. The summed E-state index contributed by atoms with van der Waals surface area (Å²) in [4.78, 5) is 24.9. The molecule has 10 heteroatoms. The second-order valence-electron chi connectivity index (χ2n) is 7.63. The molecule has 0 atom stereocenters. The molecular weight excluding hydrogens is 430 g/mol. The molecule has 0 aliphatic heterocycles. The maximum Gasteiger partial charge on any atom is 0.252 e. The Balaban J connectivity index is 1.61. The van der Waals surface area contributed by atoms with Crippen LogP contribution in [0.5, 0.6) is 5.75 Å². The summed E-state index contributed by atoms with van der Waals surface area (Å²) in [5.74, 6) is 1.20. The van der Waals surface area contributed by atoms with Crippen LogP contribution in [0.25, 0.3) is 22.4 Å². The highest BCUT2D eigenvalue weighted by Gasteiger charge is 2.25. The minimum Gasteiger partial charge on any atom is -0.491 e. The van der Waals surface area contributed by atoms with E-state index >= 15 is 0 Å². The SMILES string of the molecule is COc1cnc(-c2nn(CC3CC3)c3c(Cl)cccc23)nc1Nc1ccncc1C(N)=O. The van der Waals surface area contributed by atoms with Gasteiger partial charge in [-0.05, 0) is 30.9 Å². The van der Waals surface area contributed by atoms with Gasteiger partial charge in [-0.2, -0.15) is 5.10 Å². The summed E-state index contributed by atoms with van der Waals surface area (Å²) in [6, 6.07) is 7.34. The minimum atomic E-state index is -0.603. The molecule has 0 bridgehead atoms. The van der Waals surface area contributed by atoms with Gasteiger partial charge in [0.2, 0.25) is 0 Å². The number of carbonyl (C=O) groups excluding carboxylic acids is 1. The Hall–Kier alpha value is -3.72. The number of pyridine rings is 1. The Morgan fingerprint density at radius 1 is 1.31 bits per heavy atom. The van der Waals surface area contributed by atoms with Crippen LogP contribution in [-0.4, -0.2) is 37.7 Å². The van der Waals surface area contributed by atoms with Gasteiger partial charge in [-0.1, -0.05) is 23.7 Å². The van der Waals surface area contributed by atoms with E-state index in [1.54, 1.807) is 18.5 Å². The molecule has 1 amide bonds. The number of para-hydroxylation sites is 1. The Kier molecular flexibility index (Phi) is 5.10. The standard InChI is InChI=1S/C22H20ClN7O2/c1-32-17-10-26-22(28-21(17)27-16-7-8-25-9-14(16)20(24)31)18-13-3-2-4-15(23)19(13)30(29-18)11-12-5-6-12/h2-4,7-10,12H,5-6,11H2,1H3,(H2,24,31)(H,25,26,27,28). The predicted octanol–water partition coefficient (Wildman–Crippen LogP) is 3.80. The smallest absolute Gasteiger partial charge is 0.252 e. The first-order valence-electron chi connectivity index (χ1n) is 10.1. The van der Waals surface area contributed by atoms with E-state index in [2.05, 4.69) is 20.3 Å². The number of rotatable bonds is 7. The Bertz CT molecular complexity index is 1330. The number of ether oxygens (including phenoxy) is 1. The number of nitrogens with one attached hydrogen (secondary N) is 1. The van der Waals surface area contributed by atoms with Gasteiger partial charge in [-0.3, -0.25) is 14.5 Å². The number of halogens is 1. The second-order valence-corrected chi connectivity index (χ2v) is 8.04. The van der Waals surface area contributed by atoms with Crippen molar-refractivity contribution in [3.8, 4) is 17.3 Å². The van der Waals surface area contributed by atoms with Crippen LogP contribution < -0.4 is 15.8 Å². The molecule has 1 aromatic carbocycles. The van der Waals surface area contributed by atoms with Gasteiger partial charge in [0.05, 0.1) is 35.1 Å². The van der Waals surface area contributed by atoms with Gasteiger partial charge < -0.3 is 15.8 Å². The van der Waals surface area contributed by atoms with Crippen LogP contribution in [0.1, 0.15) is 23.2 Å². The molecule has 3 N–H and O–H groups in total. The van der Waals surface area contributed by atoms with Crippen LogP contribution in [0.4, 0.5) is 11.5 Å². The van der Waals surface area contributed by atoms with Gasteiger partial charge in [-0.25, -0.2) is 9.97 Å². The van der Waals surface area contributed by atoms with Gasteiger partial charge in [-0.15, -0.1) is 0 Å². The summed E-state index contributed by atoms with van der Waals surface area (Å²) < 4.78 is 7.36. The van der Waals surface area contributed by atoms with Gasteiger partial charge in [0.25, 0.3) is 5.91 Å². The zero-order valence-corrected chi connectivity index (χ0v) is 18.0. The lowest BCUT2D eigenvalue weighted by atomic mass is 10.2. The molecule has 1 aliphatic carbocycles. The molecule has 9 nitrogen and oxygen atoms in total. The lowest BCUT2D eigenvalue weighted by Crippen LogP contribution is -2.14. The fourth-order valence-electron chi connectivity index (χ4n) is 3.59. The molecule has 0 spiro atoms. The van der Waals surface area contributed by atoms with E-state index in [4.69, 9.17) is 27.2 Å². The monoisotopic (exact) mass is 449 g/mol. The molecule has 0 unspecified atom stereocenters. The number of benzene rings is 1. The highest BCUT2D eigenvalue weighted by molar-refractivity contribution is 6.35. The molecule has 0 radical (unpaired) electrons. The largest absolute Gasteiger partial charge is 0.491 e. The molecule has 4 aromatic rings. The fourth-order valence-corrected chi connectivity index (χ4v) is 3.86. The highest BCUT2D eigenvalue weighted by Crippen LogP contribution is 2.36. The third kappa shape index (κ3) is 3.71. The molecule has 162 valence electrons. The van der Waals surface area contributed by atoms with Crippen LogP contribution in [0, 0.1) is 5.92 Å². The summed E-state index contributed by atoms with van der Waals surface area (Å²) >= 11 is 6.52. The van der Waals surface area contributed by atoms with Crippen molar-refractivity contribution >= 4 is 39.9 Å². The van der Waals surface area contributed by atoms with Gasteiger partial charge in [0, 0.05) is 24.3 Å². The van der Waals surface area contributed by atoms with Crippen molar-refractivity contribution in [3.05, 3.63) is 53.4 Å². The topological polar surface area (TPSA) is 121 Å². The number of fused-ring (bicyclic) bond motifs is 1. The van der Waals surface area contributed by atoms with Crippen molar-refractivity contribution in [1.29, 1.82) is 0 Å². The first-order chi connectivity index (χ1) is 15.5. The third-order valence-corrected chi connectivity index (χ3v) is 5.68. The molecule has 1 aliphatic rings. The number of primary amides is 1. The second kappa shape index (κ2) is 8.08. The molecule has 3 heterocycles. The average molecular weight is 450 g/mol. The molecule has 1 fully saturated rings. The molecule has 1 saturated carbocycles. The predicted molar refractivity (Wildman–Crippen MR) is 121 cm³/mol. The van der Waals surface area contributed by atoms with Crippen LogP contribution in [-0.2, 0) is 6.54 Å². The van der Waals surface area contributed by atoms with Crippen molar-refractivity contribution in [2.45, 2.75) is 19.4 Å². The first kappa shape index (κ1) is 20.2. The van der Waals surface area contributed by atoms with Gasteiger partial charge in [0.15, 0.2) is 17.4 Å². The van der Waals surface area contributed by atoms with E-state index in [-0.39, 0.29) is 5.56 Å². The summed E-state index contributed by atoms with van der Waals surface area (Å²) in [6.45, 7) is 0.806. The molecule has 32 heavy (non-hydrogen) atoms. The number of hydrogen-bond acceptors (Lipinski definition) is 7. The Labute approximate surface area is 188 Å². The molecular formula is C22H20ClN7O2. The average Bonchev–Trinajstić information content (AvgIpc) is 3.53. The van der Waals surface area contributed by atoms with Crippen molar-refractivity contribution in [2.75, 3.05) is 12.4 Å². The Morgan fingerprint density at radius 2 is 2.16 bits per heavy atom. The van der Waals surface area contributed by atoms with E-state index in [0.29, 0.717) is 39.7 Å². The quantitative estimate of drug-likeness (QED) is 0.440. The van der Waals surface area contributed by atoms with Gasteiger partial charge >= 0.3 is 0 Å². The first-order valence-corrected chi connectivity index (χ1v) is 10.5. The number of anilines is 2. The highest BCUT2D eigenvalue weighted by atomic mass is 35.5. The van der Waals surface area contributed by atoms with E-state index < -0.39 is 5.91 Å². The number of amides is 1. The van der Waals surface area contributed by atoms with Crippen molar-refractivity contribution in [3.63, 3.8) is 0 Å². The minimum absolute atomic E-state index is 0.237. The number of aromatic nitrogens is 5. The molecule has 0 saturated heterocycles. The summed E-state index contributed by atoms with van der Waals surface area (Å²) in [6.07, 6.45) is 6.91. The van der Waals surface area contributed by atoms with Crippen LogP contribution in [0.3, 0.4) is 0 Å². The van der Waals surface area contributed by atoms with Crippen molar-refractivity contribution < 1.29 is 9.53 Å². The normalized spacial score (nSPS) is 13.3. The van der Waals surface area contributed by atoms with E-state index in [0.717, 1.165) is 17.4 Å². The zero-order chi connectivity index (χ0) is 22.2. The Morgan fingerprint density at radius 3 is 2.91 bits per heavy atom. The maximum absolute atomic E-state index is 11.8. The van der Waals surface area contributed by atoms with Crippen molar-refractivity contribution in [2.24, 2.45) is 11.7 Å². The number of nitrogens with zero attached hydrogens (tertiary/aromatic N) is 5. The molecule has 3 aromatic heterocycles. The lowest BCUT2D eigenvalue weighted by molar-refractivity contribution is 0.100. The number of nitrogens with two attached hydrogens (primary N) is 1. The van der Waals surface area contributed by atoms with E-state index in [1.165, 1.54) is 26.1 Å². The maximum atomic E-state index is 11.8. The summed E-state index contributed by atoms with van der Waals surface area (Å²) in [5.41, 5.74) is 7.67. The molecule has 5 rings (SSSR count). The van der Waals surface area contributed by atoms with Crippen LogP contribution >= 0.6 is 11.6 Å². The van der Waals surface area contributed by atoms with Crippen molar-refractivity contribution in [1.82, 2.24) is 24.7 Å². The lowest BCUT2D eigenvalue weighted by Gasteiger charge is -2.12. The van der Waals surface area contributed by atoms with Crippen LogP contribution in [0.2, 0.25) is 5.02 Å². The van der Waals surface area contributed by atoms with E-state index in [1.807, 2.05) is 22.9 Å². The fraction of sp³-hybridized carbons (Fsp3) is 0.227. The number of methoxy groups -OCH3 is 1. The van der Waals surface area contributed by atoms with E-state index in [9.17, 15) is 4.79 Å². The third-order valence-electron chi connectivity index (χ3n) is 5.38. The number of hydrogen-bond donors (Lipinski definition) is 2. The van der Waals surface area contributed by atoms with Crippen LogP contribution in [0.15, 0.2) is 42.9 Å². The summed E-state index contributed by atoms with van der Waals surface area (Å²) in [7, 11) is 1.52. The van der Waals surface area contributed by atoms with Gasteiger partial charge in [0.1, 0.15) is 5.69 Å². The summed E-state index contributed by atoms with van der Waals surface area (Å²) in [5, 5.41) is 9.43. The number of carbonyl (C=O) groups is 1.